The number of sulfonamides is 1. The van der Waals surface area contributed by atoms with Crippen LogP contribution < -0.4 is 0 Å². The molecule has 1 heterocycles. The topological polar surface area (TPSA) is 95.0 Å². The van der Waals surface area contributed by atoms with Crippen LogP contribution in [-0.2, 0) is 19.6 Å². The first kappa shape index (κ1) is 16.4. The molecule has 0 saturated carbocycles. The molecule has 0 bridgehead atoms. The van der Waals surface area contributed by atoms with Crippen LogP contribution in [0.3, 0.4) is 0 Å². The summed E-state index contributed by atoms with van der Waals surface area (Å²) >= 11 is 0. The number of hydrogen-bond acceptors (Lipinski definition) is 4. The van der Waals surface area contributed by atoms with Crippen molar-refractivity contribution in [3.8, 4) is 0 Å². The third kappa shape index (κ3) is 2.95. The number of carbonyl (C=O) groups is 2. The molecule has 1 aliphatic heterocycles. The molecule has 0 radical (unpaired) electrons. The summed E-state index contributed by atoms with van der Waals surface area (Å²) < 4.78 is 37.7. The van der Waals surface area contributed by atoms with E-state index in [1.54, 1.807) is 0 Å². The van der Waals surface area contributed by atoms with Gasteiger partial charge in [0.1, 0.15) is 11.9 Å². The van der Waals surface area contributed by atoms with E-state index in [9.17, 15) is 27.5 Å². The van der Waals surface area contributed by atoms with Crippen LogP contribution in [0.15, 0.2) is 24.3 Å². The Hall–Kier alpha value is -2.00. The van der Waals surface area contributed by atoms with Crippen molar-refractivity contribution in [2.75, 3.05) is 19.8 Å². The van der Waals surface area contributed by atoms with Crippen LogP contribution in [-0.4, -0.2) is 60.5 Å². The normalized spacial score (nSPS) is 23.6. The molecule has 1 saturated heterocycles. The summed E-state index contributed by atoms with van der Waals surface area (Å²) in [6.45, 7) is -0.557. The second-order valence-corrected chi connectivity index (χ2v) is 7.03. The molecule has 0 spiro atoms. The number of carboxylic acids is 1. The molecule has 22 heavy (non-hydrogen) atoms. The Kier molecular flexibility index (Phi) is 4.21. The lowest BCUT2D eigenvalue weighted by atomic mass is 9.95. The largest absolute Gasteiger partial charge is 0.480 e. The number of halogens is 1. The molecule has 2 rings (SSSR count). The lowest BCUT2D eigenvalue weighted by Crippen LogP contribution is -2.60. The molecule has 0 aromatic heterocycles. The number of aliphatic carboxylic acids is 1. The van der Waals surface area contributed by atoms with E-state index in [-0.39, 0.29) is 5.56 Å². The van der Waals surface area contributed by atoms with Gasteiger partial charge in [0, 0.05) is 7.05 Å². The Morgan fingerprint density at radius 1 is 1.41 bits per heavy atom. The maximum absolute atomic E-state index is 13.4. The van der Waals surface area contributed by atoms with Crippen molar-refractivity contribution in [3.05, 3.63) is 35.6 Å². The number of piperazine rings is 1. The quantitative estimate of drug-likeness (QED) is 0.845. The van der Waals surface area contributed by atoms with Crippen LogP contribution in [0, 0.1) is 5.82 Å². The third-order valence-electron chi connectivity index (χ3n) is 3.58. The van der Waals surface area contributed by atoms with Gasteiger partial charge < -0.3 is 10.0 Å². The summed E-state index contributed by atoms with van der Waals surface area (Å²) in [4.78, 5) is 24.7. The molecule has 1 amide bonds. The maximum Gasteiger partial charge on any atom is 0.324 e. The molecular formula is C13H15FN2O5S. The summed E-state index contributed by atoms with van der Waals surface area (Å²) in [5.41, 5.74) is 0.219. The minimum Gasteiger partial charge on any atom is -0.480 e. The van der Waals surface area contributed by atoms with Gasteiger partial charge in [-0.25, -0.2) is 12.8 Å². The number of carbonyl (C=O) groups excluding carboxylic acids is 1. The molecule has 0 unspecified atom stereocenters. The van der Waals surface area contributed by atoms with Crippen LogP contribution in [0.25, 0.3) is 0 Å². The number of amides is 1. The minimum atomic E-state index is -3.92. The zero-order valence-electron chi connectivity index (χ0n) is 11.9. The van der Waals surface area contributed by atoms with Gasteiger partial charge in [-0.2, -0.15) is 4.31 Å². The van der Waals surface area contributed by atoms with Crippen molar-refractivity contribution in [1.29, 1.82) is 0 Å². The van der Waals surface area contributed by atoms with E-state index in [2.05, 4.69) is 0 Å². The Morgan fingerprint density at radius 2 is 2.05 bits per heavy atom. The van der Waals surface area contributed by atoms with E-state index in [1.165, 1.54) is 25.2 Å². The van der Waals surface area contributed by atoms with Gasteiger partial charge in [-0.05, 0) is 17.7 Å². The smallest absolute Gasteiger partial charge is 0.324 e. The van der Waals surface area contributed by atoms with Gasteiger partial charge in [-0.3, -0.25) is 9.59 Å². The Morgan fingerprint density at radius 3 is 2.55 bits per heavy atom. The summed E-state index contributed by atoms with van der Waals surface area (Å²) in [5, 5.41) is 9.44. The van der Waals surface area contributed by atoms with Crippen LogP contribution in [0.5, 0.6) is 0 Å². The molecule has 9 heteroatoms. The molecule has 7 nitrogen and oxygen atoms in total. The Bertz CT molecular complexity index is 721. The fraction of sp³-hybridized carbons (Fsp3) is 0.385. The first-order valence-electron chi connectivity index (χ1n) is 6.33. The number of benzene rings is 1. The van der Waals surface area contributed by atoms with Crippen molar-refractivity contribution < 1.29 is 27.5 Å². The van der Waals surface area contributed by atoms with Gasteiger partial charge in [-0.15, -0.1) is 0 Å². The Labute approximate surface area is 127 Å². The van der Waals surface area contributed by atoms with E-state index < -0.39 is 46.3 Å². The van der Waals surface area contributed by atoms with Gasteiger partial charge in [-0.1, -0.05) is 12.1 Å². The monoisotopic (exact) mass is 330 g/mol. The third-order valence-corrected chi connectivity index (χ3v) is 4.79. The van der Waals surface area contributed by atoms with Crippen LogP contribution >= 0.6 is 0 Å². The standard InChI is InChI=1S/C13H15FN2O5S/c1-15-10(17)7-16(22(2,20)21)12(13(18)19)11(15)8-4-3-5-9(14)6-8/h3-6,11-12H,7H2,1-2H3,(H,18,19)/t11-,12+/m1/s1. The van der Waals surface area contributed by atoms with Gasteiger partial charge in [0.25, 0.3) is 0 Å². The average molecular weight is 330 g/mol. The number of rotatable bonds is 3. The minimum absolute atomic E-state index is 0.219. The van der Waals surface area contributed by atoms with Crippen LogP contribution in [0.1, 0.15) is 11.6 Å². The molecule has 2 atom stereocenters. The lowest BCUT2D eigenvalue weighted by molar-refractivity contribution is -0.151. The van der Waals surface area contributed by atoms with Crippen LogP contribution in [0.4, 0.5) is 4.39 Å². The van der Waals surface area contributed by atoms with E-state index in [0.717, 1.165) is 17.2 Å². The predicted molar refractivity (Wildman–Crippen MR) is 74.9 cm³/mol. The summed E-state index contributed by atoms with van der Waals surface area (Å²) in [6, 6.07) is 2.48. The first-order chi connectivity index (χ1) is 10.1. The molecule has 0 aliphatic carbocycles. The molecule has 120 valence electrons. The van der Waals surface area contributed by atoms with Crippen molar-refractivity contribution >= 4 is 21.9 Å². The van der Waals surface area contributed by atoms with Gasteiger partial charge >= 0.3 is 5.97 Å². The lowest BCUT2D eigenvalue weighted by Gasteiger charge is -2.42. The highest BCUT2D eigenvalue weighted by Crippen LogP contribution is 2.32. The zero-order valence-corrected chi connectivity index (χ0v) is 12.7. The number of hydrogen-bond donors (Lipinski definition) is 1. The van der Waals surface area contributed by atoms with E-state index >= 15 is 0 Å². The van der Waals surface area contributed by atoms with E-state index in [1.807, 2.05) is 0 Å². The molecule has 1 aliphatic rings. The van der Waals surface area contributed by atoms with E-state index in [0.29, 0.717) is 4.31 Å². The molecule has 1 fully saturated rings. The molecular weight excluding hydrogens is 315 g/mol. The fourth-order valence-electron chi connectivity index (χ4n) is 2.55. The molecule has 1 aromatic rings. The van der Waals surface area contributed by atoms with Crippen molar-refractivity contribution in [3.63, 3.8) is 0 Å². The zero-order chi connectivity index (χ0) is 16.7. The highest BCUT2D eigenvalue weighted by Gasteiger charge is 2.47. The SMILES string of the molecule is CN1C(=O)CN(S(C)(=O)=O)[C@H](C(=O)O)[C@H]1c1cccc(F)c1. The van der Waals surface area contributed by atoms with Crippen molar-refractivity contribution in [2.45, 2.75) is 12.1 Å². The number of carboxylic acid groups (broad SMARTS) is 1. The second kappa shape index (κ2) is 5.65. The summed E-state index contributed by atoms with van der Waals surface area (Å²) in [7, 11) is -2.55. The number of likely N-dealkylation sites (N-methyl/N-ethyl adjacent to an activating group) is 1. The highest BCUT2D eigenvalue weighted by atomic mass is 32.2. The van der Waals surface area contributed by atoms with Crippen molar-refractivity contribution in [1.82, 2.24) is 9.21 Å². The number of nitrogens with zero attached hydrogens (tertiary/aromatic N) is 2. The molecule has 1 N–H and O–H groups in total. The fourth-order valence-corrected chi connectivity index (χ4v) is 3.51. The predicted octanol–water partition coefficient (Wildman–Crippen LogP) is 0.0536. The second-order valence-electron chi connectivity index (χ2n) is 5.10. The molecule has 1 aromatic carbocycles. The maximum atomic E-state index is 13.4. The average Bonchev–Trinajstić information content (AvgIpc) is 2.39. The highest BCUT2D eigenvalue weighted by molar-refractivity contribution is 7.88. The first-order valence-corrected chi connectivity index (χ1v) is 8.18. The van der Waals surface area contributed by atoms with Crippen LogP contribution in [0.2, 0.25) is 0 Å². The van der Waals surface area contributed by atoms with E-state index in [4.69, 9.17) is 0 Å². The van der Waals surface area contributed by atoms with Gasteiger partial charge in [0.05, 0.1) is 18.8 Å². The summed E-state index contributed by atoms with van der Waals surface area (Å²) in [6.07, 6.45) is 0.837. The van der Waals surface area contributed by atoms with Crippen molar-refractivity contribution in [2.24, 2.45) is 0 Å². The Balaban J connectivity index is 2.60. The van der Waals surface area contributed by atoms with Gasteiger partial charge in [0.2, 0.25) is 15.9 Å². The van der Waals surface area contributed by atoms with Gasteiger partial charge in [0.15, 0.2) is 0 Å². The summed E-state index contributed by atoms with van der Waals surface area (Å²) in [5.74, 6) is -2.56.